The molecular formula is C15H10ClF3O2. The maximum atomic E-state index is 13.1. The van der Waals surface area contributed by atoms with E-state index in [2.05, 4.69) is 0 Å². The molecule has 0 amide bonds. The third-order valence-corrected chi connectivity index (χ3v) is 3.26. The van der Waals surface area contributed by atoms with Crippen LogP contribution in [-0.2, 0) is 17.4 Å². The molecule has 0 unspecified atom stereocenters. The minimum Gasteiger partial charge on any atom is -0.481 e. The van der Waals surface area contributed by atoms with Gasteiger partial charge in [-0.3, -0.25) is 4.79 Å². The van der Waals surface area contributed by atoms with Crippen molar-refractivity contribution in [2.75, 3.05) is 0 Å². The number of hydrogen-bond donors (Lipinski definition) is 1. The summed E-state index contributed by atoms with van der Waals surface area (Å²) in [4.78, 5) is 10.9. The molecule has 2 aromatic rings. The van der Waals surface area contributed by atoms with Gasteiger partial charge in [0.25, 0.3) is 0 Å². The van der Waals surface area contributed by atoms with Crippen LogP contribution in [0.25, 0.3) is 11.1 Å². The van der Waals surface area contributed by atoms with Crippen LogP contribution in [0.1, 0.15) is 11.1 Å². The number of carboxylic acids is 1. The topological polar surface area (TPSA) is 37.3 Å². The smallest absolute Gasteiger partial charge is 0.417 e. The first-order valence-corrected chi connectivity index (χ1v) is 6.34. The molecule has 21 heavy (non-hydrogen) atoms. The largest absolute Gasteiger partial charge is 0.481 e. The number of carbonyl (C=O) groups is 1. The highest BCUT2D eigenvalue weighted by molar-refractivity contribution is 6.33. The molecule has 1 N–H and O–H groups in total. The van der Waals surface area contributed by atoms with Crippen LogP contribution in [0, 0.1) is 0 Å². The van der Waals surface area contributed by atoms with E-state index in [9.17, 15) is 18.0 Å². The summed E-state index contributed by atoms with van der Waals surface area (Å²) in [5.74, 6) is -1.14. The monoisotopic (exact) mass is 314 g/mol. The lowest BCUT2D eigenvalue weighted by Crippen LogP contribution is -2.09. The van der Waals surface area contributed by atoms with Crippen LogP contribution in [0.15, 0.2) is 42.5 Å². The van der Waals surface area contributed by atoms with Gasteiger partial charge in [-0.05, 0) is 23.3 Å². The number of hydrogen-bond acceptors (Lipinski definition) is 1. The summed E-state index contributed by atoms with van der Waals surface area (Å²) in [6.45, 7) is 0. The Morgan fingerprint density at radius 3 is 2.38 bits per heavy atom. The van der Waals surface area contributed by atoms with Crippen molar-refractivity contribution in [1.82, 2.24) is 0 Å². The van der Waals surface area contributed by atoms with Crippen molar-refractivity contribution in [2.45, 2.75) is 12.6 Å². The predicted molar refractivity (Wildman–Crippen MR) is 73.2 cm³/mol. The molecule has 0 fully saturated rings. The van der Waals surface area contributed by atoms with Gasteiger partial charge in [-0.1, -0.05) is 41.9 Å². The van der Waals surface area contributed by atoms with E-state index < -0.39 is 24.1 Å². The van der Waals surface area contributed by atoms with Crippen LogP contribution in [0.2, 0.25) is 5.02 Å². The van der Waals surface area contributed by atoms with E-state index >= 15 is 0 Å². The molecule has 0 aliphatic heterocycles. The summed E-state index contributed by atoms with van der Waals surface area (Å²) in [5, 5.41) is 8.98. The van der Waals surface area contributed by atoms with E-state index in [-0.39, 0.29) is 21.7 Å². The van der Waals surface area contributed by atoms with Gasteiger partial charge in [-0.25, -0.2) is 0 Å². The summed E-state index contributed by atoms with van der Waals surface area (Å²) < 4.78 is 39.3. The zero-order chi connectivity index (χ0) is 15.6. The molecule has 2 aromatic carbocycles. The van der Waals surface area contributed by atoms with E-state index in [0.717, 1.165) is 6.07 Å². The number of benzene rings is 2. The molecule has 0 saturated heterocycles. The van der Waals surface area contributed by atoms with Gasteiger partial charge in [0.1, 0.15) is 0 Å². The van der Waals surface area contributed by atoms with Crippen LogP contribution in [-0.4, -0.2) is 11.1 Å². The summed E-state index contributed by atoms with van der Waals surface area (Å²) >= 11 is 6.01. The van der Waals surface area contributed by atoms with Gasteiger partial charge in [-0.15, -0.1) is 0 Å². The molecule has 0 atom stereocenters. The van der Waals surface area contributed by atoms with Gasteiger partial charge in [0.15, 0.2) is 0 Å². The van der Waals surface area contributed by atoms with Crippen molar-refractivity contribution in [3.05, 3.63) is 58.6 Å². The third kappa shape index (κ3) is 3.36. The lowest BCUT2D eigenvalue weighted by Gasteiger charge is -2.16. The molecule has 0 bridgehead atoms. The molecule has 0 heterocycles. The molecule has 2 rings (SSSR count). The molecule has 0 aromatic heterocycles. The predicted octanol–water partition coefficient (Wildman–Crippen LogP) is 4.65. The Morgan fingerprint density at radius 2 is 1.76 bits per heavy atom. The normalized spacial score (nSPS) is 11.4. The van der Waals surface area contributed by atoms with Crippen LogP contribution in [0.3, 0.4) is 0 Å². The van der Waals surface area contributed by atoms with Gasteiger partial charge in [0.2, 0.25) is 0 Å². The number of halogens is 4. The average molecular weight is 315 g/mol. The highest BCUT2D eigenvalue weighted by Crippen LogP contribution is 2.40. The van der Waals surface area contributed by atoms with E-state index in [1.807, 2.05) is 0 Å². The minimum atomic E-state index is -4.55. The zero-order valence-corrected chi connectivity index (χ0v) is 11.4. The quantitative estimate of drug-likeness (QED) is 0.895. The van der Waals surface area contributed by atoms with Crippen molar-refractivity contribution < 1.29 is 23.1 Å². The zero-order valence-electron chi connectivity index (χ0n) is 10.6. The fourth-order valence-corrected chi connectivity index (χ4v) is 2.42. The van der Waals surface area contributed by atoms with Crippen molar-refractivity contribution in [1.29, 1.82) is 0 Å². The number of aliphatic carboxylic acids is 1. The SMILES string of the molecule is O=C(O)Cc1cccc(Cl)c1-c1ccccc1C(F)(F)F. The molecule has 110 valence electrons. The number of carboxylic acid groups (broad SMARTS) is 1. The van der Waals surface area contributed by atoms with Gasteiger partial charge < -0.3 is 5.11 Å². The lowest BCUT2D eigenvalue weighted by molar-refractivity contribution is -0.137. The Hall–Kier alpha value is -2.01. The third-order valence-electron chi connectivity index (χ3n) is 2.94. The maximum Gasteiger partial charge on any atom is 0.417 e. The van der Waals surface area contributed by atoms with Crippen molar-refractivity contribution in [3.63, 3.8) is 0 Å². The lowest BCUT2D eigenvalue weighted by atomic mass is 9.93. The summed E-state index contributed by atoms with van der Waals surface area (Å²) in [6, 6.07) is 9.38. The maximum absolute atomic E-state index is 13.1. The summed E-state index contributed by atoms with van der Waals surface area (Å²) in [6.07, 6.45) is -4.95. The molecule has 2 nitrogen and oxygen atoms in total. The van der Waals surface area contributed by atoms with Crippen LogP contribution < -0.4 is 0 Å². The van der Waals surface area contributed by atoms with Crippen LogP contribution in [0.4, 0.5) is 13.2 Å². The number of alkyl halides is 3. The molecule has 0 aliphatic rings. The van der Waals surface area contributed by atoms with E-state index in [4.69, 9.17) is 16.7 Å². The Labute approximate surface area is 123 Å². The molecule has 0 spiro atoms. The fourth-order valence-electron chi connectivity index (χ4n) is 2.13. The standard InChI is InChI=1S/C15H10ClF3O2/c16-12-7-3-4-9(8-13(20)21)14(12)10-5-1-2-6-11(10)15(17,18)19/h1-7H,8H2,(H,20,21). The highest BCUT2D eigenvalue weighted by Gasteiger charge is 2.34. The molecule has 0 saturated carbocycles. The summed E-state index contributed by atoms with van der Waals surface area (Å²) in [7, 11) is 0. The first-order valence-electron chi connectivity index (χ1n) is 5.96. The van der Waals surface area contributed by atoms with Gasteiger partial charge >= 0.3 is 12.1 Å². The van der Waals surface area contributed by atoms with Crippen molar-refractivity contribution >= 4 is 17.6 Å². The second-order valence-electron chi connectivity index (χ2n) is 4.39. The fraction of sp³-hybridized carbons (Fsp3) is 0.133. The minimum absolute atomic E-state index is 0.0884. The van der Waals surface area contributed by atoms with Gasteiger partial charge in [0, 0.05) is 10.6 Å². The Kier molecular flexibility index (Phi) is 4.23. The van der Waals surface area contributed by atoms with Gasteiger partial charge in [0.05, 0.1) is 12.0 Å². The van der Waals surface area contributed by atoms with E-state index in [0.29, 0.717) is 0 Å². The number of rotatable bonds is 3. The first-order chi connectivity index (χ1) is 9.80. The molecule has 6 heteroatoms. The second-order valence-corrected chi connectivity index (χ2v) is 4.80. The van der Waals surface area contributed by atoms with Crippen LogP contribution in [0.5, 0.6) is 0 Å². The summed E-state index contributed by atoms with van der Waals surface area (Å²) in [5.41, 5.74) is -0.613. The van der Waals surface area contributed by atoms with Crippen molar-refractivity contribution in [2.24, 2.45) is 0 Å². The van der Waals surface area contributed by atoms with E-state index in [1.54, 1.807) is 0 Å². The van der Waals surface area contributed by atoms with Crippen LogP contribution >= 0.6 is 11.6 Å². The first kappa shape index (κ1) is 15.4. The average Bonchev–Trinajstić information content (AvgIpc) is 2.37. The Bertz CT molecular complexity index is 681. The van der Waals surface area contributed by atoms with Gasteiger partial charge in [-0.2, -0.15) is 13.2 Å². The Morgan fingerprint density at radius 1 is 1.10 bits per heavy atom. The van der Waals surface area contributed by atoms with Crippen molar-refractivity contribution in [3.8, 4) is 11.1 Å². The van der Waals surface area contributed by atoms with E-state index in [1.165, 1.54) is 36.4 Å². The highest BCUT2D eigenvalue weighted by atomic mass is 35.5. The molecular weight excluding hydrogens is 305 g/mol. The Balaban J connectivity index is 2.70. The molecule has 0 radical (unpaired) electrons. The second kappa shape index (κ2) is 5.77. The molecule has 0 aliphatic carbocycles.